The van der Waals surface area contributed by atoms with Crippen molar-refractivity contribution in [1.82, 2.24) is 10.2 Å². The molecule has 2 N–H and O–H groups in total. The van der Waals surface area contributed by atoms with Gasteiger partial charge in [-0.1, -0.05) is 25.3 Å². The first-order valence-electron chi connectivity index (χ1n) is 6.99. The smallest absolute Gasteiger partial charge is 0.227 e. The summed E-state index contributed by atoms with van der Waals surface area (Å²) in [6.45, 7) is 2.05. The molecule has 0 radical (unpaired) electrons. The van der Waals surface area contributed by atoms with Gasteiger partial charge in [0, 0.05) is 11.3 Å². The molecule has 1 aromatic carbocycles. The number of H-pyrrole nitrogens is 1. The molecule has 4 heteroatoms. The summed E-state index contributed by atoms with van der Waals surface area (Å²) in [4.78, 5) is 12.3. The third kappa shape index (κ3) is 2.35. The SMILES string of the molecule is Cc1ccc(NC(=O)C2CCCCC2)c2[nH]ncc12. The Kier molecular flexibility index (Phi) is 3.23. The van der Waals surface area contributed by atoms with Crippen LogP contribution in [0.1, 0.15) is 37.7 Å². The number of nitrogens with one attached hydrogen (secondary N) is 2. The maximum Gasteiger partial charge on any atom is 0.227 e. The summed E-state index contributed by atoms with van der Waals surface area (Å²) in [5.41, 5.74) is 2.93. The van der Waals surface area contributed by atoms with Crippen LogP contribution in [0.2, 0.25) is 0 Å². The van der Waals surface area contributed by atoms with Crippen LogP contribution >= 0.6 is 0 Å². The van der Waals surface area contributed by atoms with Crippen molar-refractivity contribution in [3.05, 3.63) is 23.9 Å². The maximum absolute atomic E-state index is 12.3. The molecule has 1 aliphatic rings. The largest absolute Gasteiger partial charge is 0.324 e. The first-order valence-corrected chi connectivity index (χ1v) is 6.99. The summed E-state index contributed by atoms with van der Waals surface area (Å²) in [7, 11) is 0. The molecule has 0 unspecified atom stereocenters. The Morgan fingerprint density at radius 1 is 1.32 bits per heavy atom. The van der Waals surface area contributed by atoms with Crippen LogP contribution in [-0.4, -0.2) is 16.1 Å². The Balaban J connectivity index is 1.83. The number of aryl methyl sites for hydroxylation is 1. The number of nitrogens with zero attached hydrogens (tertiary/aromatic N) is 1. The minimum Gasteiger partial charge on any atom is -0.324 e. The fourth-order valence-electron chi connectivity index (χ4n) is 2.88. The highest BCUT2D eigenvalue weighted by atomic mass is 16.1. The Morgan fingerprint density at radius 3 is 2.89 bits per heavy atom. The molecule has 0 atom stereocenters. The van der Waals surface area contributed by atoms with Gasteiger partial charge in [-0.25, -0.2) is 0 Å². The number of carbonyl (C=O) groups is 1. The van der Waals surface area contributed by atoms with Crippen molar-refractivity contribution >= 4 is 22.5 Å². The van der Waals surface area contributed by atoms with Gasteiger partial charge >= 0.3 is 0 Å². The van der Waals surface area contributed by atoms with Crippen LogP contribution in [-0.2, 0) is 4.79 Å². The number of aromatic amines is 1. The molecule has 3 rings (SSSR count). The first kappa shape index (κ1) is 12.2. The molecule has 1 heterocycles. The molecule has 2 aromatic rings. The van der Waals surface area contributed by atoms with E-state index in [2.05, 4.69) is 15.5 Å². The minimum absolute atomic E-state index is 0.152. The summed E-state index contributed by atoms with van der Waals surface area (Å²) in [6, 6.07) is 3.98. The molecule has 0 bridgehead atoms. The molecule has 0 spiro atoms. The number of benzene rings is 1. The molecule has 0 aliphatic heterocycles. The van der Waals surface area contributed by atoms with Gasteiger partial charge in [0.1, 0.15) is 0 Å². The number of amides is 1. The van der Waals surface area contributed by atoms with Crippen LogP contribution in [0.25, 0.3) is 10.9 Å². The van der Waals surface area contributed by atoms with Gasteiger partial charge in [-0.05, 0) is 31.4 Å². The van der Waals surface area contributed by atoms with Crippen LogP contribution in [0.5, 0.6) is 0 Å². The normalized spacial score (nSPS) is 16.7. The monoisotopic (exact) mass is 257 g/mol. The van der Waals surface area contributed by atoms with Crippen molar-refractivity contribution in [3.8, 4) is 0 Å². The number of hydrogen-bond acceptors (Lipinski definition) is 2. The van der Waals surface area contributed by atoms with Crippen molar-refractivity contribution in [3.63, 3.8) is 0 Å². The van der Waals surface area contributed by atoms with Crippen molar-refractivity contribution in [2.75, 3.05) is 5.32 Å². The molecule has 1 fully saturated rings. The van der Waals surface area contributed by atoms with Crippen LogP contribution in [0, 0.1) is 12.8 Å². The van der Waals surface area contributed by atoms with E-state index in [1.165, 1.54) is 24.8 Å². The van der Waals surface area contributed by atoms with Crippen LogP contribution in [0.3, 0.4) is 0 Å². The predicted molar refractivity (Wildman–Crippen MR) is 76.0 cm³/mol. The van der Waals surface area contributed by atoms with Crippen molar-refractivity contribution in [1.29, 1.82) is 0 Å². The Morgan fingerprint density at radius 2 is 2.11 bits per heavy atom. The second kappa shape index (κ2) is 5.03. The molecule has 1 amide bonds. The summed E-state index contributed by atoms with van der Waals surface area (Å²) in [6.07, 6.45) is 7.45. The summed E-state index contributed by atoms with van der Waals surface area (Å²) < 4.78 is 0. The minimum atomic E-state index is 0.152. The summed E-state index contributed by atoms with van der Waals surface area (Å²) in [5, 5.41) is 11.2. The number of aromatic nitrogens is 2. The molecular weight excluding hydrogens is 238 g/mol. The second-order valence-electron chi connectivity index (χ2n) is 5.41. The van der Waals surface area contributed by atoms with Crippen LogP contribution < -0.4 is 5.32 Å². The van der Waals surface area contributed by atoms with Gasteiger partial charge in [0.25, 0.3) is 0 Å². The molecule has 100 valence electrons. The molecule has 1 aromatic heterocycles. The molecule has 1 aliphatic carbocycles. The number of carbonyl (C=O) groups excluding carboxylic acids is 1. The predicted octanol–water partition coefficient (Wildman–Crippen LogP) is 3.39. The maximum atomic E-state index is 12.3. The van der Waals surface area contributed by atoms with E-state index in [4.69, 9.17) is 0 Å². The van der Waals surface area contributed by atoms with Gasteiger partial charge in [-0.15, -0.1) is 0 Å². The lowest BCUT2D eigenvalue weighted by molar-refractivity contribution is -0.120. The van der Waals surface area contributed by atoms with Gasteiger partial charge in [0.05, 0.1) is 17.4 Å². The van der Waals surface area contributed by atoms with E-state index in [9.17, 15) is 4.79 Å². The molecule has 1 saturated carbocycles. The van der Waals surface area contributed by atoms with E-state index in [1.807, 2.05) is 19.1 Å². The van der Waals surface area contributed by atoms with Gasteiger partial charge in [0.15, 0.2) is 0 Å². The van der Waals surface area contributed by atoms with Gasteiger partial charge in [-0.2, -0.15) is 5.10 Å². The Hall–Kier alpha value is -1.84. The summed E-state index contributed by atoms with van der Waals surface area (Å²) >= 11 is 0. The fourth-order valence-corrected chi connectivity index (χ4v) is 2.88. The Labute approximate surface area is 112 Å². The third-order valence-corrected chi connectivity index (χ3v) is 4.07. The zero-order chi connectivity index (χ0) is 13.2. The van der Waals surface area contributed by atoms with Gasteiger partial charge in [0.2, 0.25) is 5.91 Å². The second-order valence-corrected chi connectivity index (χ2v) is 5.41. The lowest BCUT2D eigenvalue weighted by Gasteiger charge is -2.20. The number of rotatable bonds is 2. The zero-order valence-electron chi connectivity index (χ0n) is 11.2. The fraction of sp³-hybridized carbons (Fsp3) is 0.467. The quantitative estimate of drug-likeness (QED) is 0.866. The third-order valence-electron chi connectivity index (χ3n) is 4.07. The lowest BCUT2D eigenvalue weighted by atomic mass is 9.88. The highest BCUT2D eigenvalue weighted by Crippen LogP contribution is 2.28. The van der Waals surface area contributed by atoms with Gasteiger partial charge < -0.3 is 5.32 Å². The highest BCUT2D eigenvalue weighted by molar-refractivity contribution is 6.01. The zero-order valence-corrected chi connectivity index (χ0v) is 11.2. The standard InChI is InChI=1S/C15H19N3O/c1-10-7-8-13(14-12(10)9-16-18-14)17-15(19)11-5-3-2-4-6-11/h7-9,11H,2-6H2,1H3,(H,16,18)(H,17,19). The van der Waals surface area contributed by atoms with E-state index in [1.54, 1.807) is 6.20 Å². The molecule has 4 nitrogen and oxygen atoms in total. The van der Waals surface area contributed by atoms with Gasteiger partial charge in [-0.3, -0.25) is 9.89 Å². The number of anilines is 1. The number of hydrogen-bond donors (Lipinski definition) is 2. The highest BCUT2D eigenvalue weighted by Gasteiger charge is 2.21. The molecule has 0 saturated heterocycles. The van der Waals surface area contributed by atoms with E-state index >= 15 is 0 Å². The number of fused-ring (bicyclic) bond motifs is 1. The van der Waals surface area contributed by atoms with E-state index < -0.39 is 0 Å². The molecule has 19 heavy (non-hydrogen) atoms. The van der Waals surface area contributed by atoms with Crippen molar-refractivity contribution in [2.45, 2.75) is 39.0 Å². The first-order chi connectivity index (χ1) is 9.25. The summed E-state index contributed by atoms with van der Waals surface area (Å²) in [5.74, 6) is 0.326. The van der Waals surface area contributed by atoms with Crippen molar-refractivity contribution in [2.24, 2.45) is 5.92 Å². The Bertz CT molecular complexity index is 596. The van der Waals surface area contributed by atoms with Crippen LogP contribution in [0.4, 0.5) is 5.69 Å². The van der Waals surface area contributed by atoms with E-state index in [-0.39, 0.29) is 11.8 Å². The van der Waals surface area contributed by atoms with Crippen LogP contribution in [0.15, 0.2) is 18.3 Å². The topological polar surface area (TPSA) is 57.8 Å². The lowest BCUT2D eigenvalue weighted by Crippen LogP contribution is -2.24. The van der Waals surface area contributed by atoms with E-state index in [0.717, 1.165) is 29.4 Å². The van der Waals surface area contributed by atoms with Crippen molar-refractivity contribution < 1.29 is 4.79 Å². The molecular formula is C15H19N3O. The van der Waals surface area contributed by atoms with E-state index in [0.29, 0.717) is 0 Å². The average molecular weight is 257 g/mol. The average Bonchev–Trinajstić information content (AvgIpc) is 2.93.